The number of ether oxygens (including phenoxy) is 1. The van der Waals surface area contributed by atoms with Crippen molar-refractivity contribution in [2.24, 2.45) is 0 Å². The first-order valence-corrected chi connectivity index (χ1v) is 6.69. The quantitative estimate of drug-likeness (QED) is 0.835. The summed E-state index contributed by atoms with van der Waals surface area (Å²) in [6.45, 7) is 10.4. The van der Waals surface area contributed by atoms with Gasteiger partial charge >= 0.3 is 0 Å². The van der Waals surface area contributed by atoms with E-state index in [0.29, 0.717) is 11.8 Å². The highest BCUT2D eigenvalue weighted by Gasteiger charge is 2.25. The van der Waals surface area contributed by atoms with E-state index in [1.165, 1.54) is 0 Å². The van der Waals surface area contributed by atoms with E-state index in [9.17, 15) is 0 Å². The van der Waals surface area contributed by atoms with Crippen LogP contribution in [-0.2, 0) is 11.3 Å². The smallest absolute Gasteiger partial charge is 0.127 e. The molecular formula is C14H23N3O. The number of nitrogen functional groups attached to an aromatic ring is 1. The van der Waals surface area contributed by atoms with Crippen molar-refractivity contribution in [3.05, 3.63) is 24.2 Å². The molecule has 0 amide bonds. The van der Waals surface area contributed by atoms with Crippen LogP contribution >= 0.6 is 0 Å². The minimum atomic E-state index is 0.349. The third kappa shape index (κ3) is 2.43. The average Bonchev–Trinajstić information content (AvgIpc) is 2.69. The highest BCUT2D eigenvalue weighted by molar-refractivity contribution is 5.42. The molecule has 4 heteroatoms. The topological polar surface area (TPSA) is 53.1 Å². The lowest BCUT2D eigenvalue weighted by molar-refractivity contribution is 0.0795. The third-order valence-corrected chi connectivity index (χ3v) is 3.44. The van der Waals surface area contributed by atoms with Crippen molar-refractivity contribution < 1.29 is 4.74 Å². The van der Waals surface area contributed by atoms with Gasteiger partial charge in [-0.15, -0.1) is 6.58 Å². The van der Waals surface area contributed by atoms with Crippen LogP contribution in [0.15, 0.2) is 12.7 Å². The van der Waals surface area contributed by atoms with E-state index < -0.39 is 0 Å². The third-order valence-electron chi connectivity index (χ3n) is 3.44. The SMILES string of the molecule is C=CCn1c(C(C)C)nc(C2CCCOC2)c1N. The Hall–Kier alpha value is -1.29. The fourth-order valence-corrected chi connectivity index (χ4v) is 2.52. The molecule has 2 heterocycles. The van der Waals surface area contributed by atoms with E-state index in [0.717, 1.165) is 49.9 Å². The van der Waals surface area contributed by atoms with Crippen molar-refractivity contribution in [1.29, 1.82) is 0 Å². The van der Waals surface area contributed by atoms with Crippen LogP contribution in [0, 0.1) is 0 Å². The minimum absolute atomic E-state index is 0.349. The van der Waals surface area contributed by atoms with Gasteiger partial charge in [-0.25, -0.2) is 4.98 Å². The first kappa shape index (κ1) is 13.1. The van der Waals surface area contributed by atoms with Crippen molar-refractivity contribution in [2.45, 2.75) is 45.1 Å². The Kier molecular flexibility index (Phi) is 4.07. The van der Waals surface area contributed by atoms with Gasteiger partial charge < -0.3 is 15.0 Å². The number of rotatable bonds is 4. The van der Waals surface area contributed by atoms with E-state index in [1.54, 1.807) is 0 Å². The van der Waals surface area contributed by atoms with Crippen molar-refractivity contribution in [3.63, 3.8) is 0 Å². The number of nitrogens with two attached hydrogens (primary N) is 1. The second-order valence-electron chi connectivity index (χ2n) is 5.21. The normalized spacial score (nSPS) is 20.3. The molecule has 1 saturated heterocycles. The number of nitrogens with zero attached hydrogens (tertiary/aromatic N) is 2. The van der Waals surface area contributed by atoms with Crippen LogP contribution in [0.1, 0.15) is 50.0 Å². The molecule has 0 aromatic carbocycles. The second kappa shape index (κ2) is 5.57. The summed E-state index contributed by atoms with van der Waals surface area (Å²) in [5.41, 5.74) is 7.27. The molecule has 18 heavy (non-hydrogen) atoms. The molecule has 0 saturated carbocycles. The van der Waals surface area contributed by atoms with Gasteiger partial charge in [-0.2, -0.15) is 0 Å². The fraction of sp³-hybridized carbons (Fsp3) is 0.643. The summed E-state index contributed by atoms with van der Waals surface area (Å²) in [4.78, 5) is 4.76. The Labute approximate surface area is 109 Å². The molecule has 2 rings (SSSR count). The van der Waals surface area contributed by atoms with Crippen LogP contribution in [0.2, 0.25) is 0 Å². The van der Waals surface area contributed by atoms with Gasteiger partial charge in [-0.05, 0) is 12.8 Å². The van der Waals surface area contributed by atoms with Crippen molar-refractivity contribution in [1.82, 2.24) is 9.55 Å². The van der Waals surface area contributed by atoms with Crippen LogP contribution in [0.5, 0.6) is 0 Å². The molecule has 0 bridgehead atoms. The summed E-state index contributed by atoms with van der Waals surface area (Å²) in [5, 5.41) is 0. The molecule has 1 fully saturated rings. The van der Waals surface area contributed by atoms with E-state index in [2.05, 4.69) is 25.0 Å². The van der Waals surface area contributed by atoms with Gasteiger partial charge in [-0.3, -0.25) is 0 Å². The molecule has 0 aliphatic carbocycles. The first-order valence-electron chi connectivity index (χ1n) is 6.69. The van der Waals surface area contributed by atoms with E-state index in [-0.39, 0.29) is 0 Å². The fourth-order valence-electron chi connectivity index (χ4n) is 2.52. The maximum atomic E-state index is 6.26. The maximum Gasteiger partial charge on any atom is 0.127 e. The monoisotopic (exact) mass is 249 g/mol. The van der Waals surface area contributed by atoms with Crippen molar-refractivity contribution >= 4 is 5.82 Å². The molecule has 0 radical (unpaired) electrons. The Morgan fingerprint density at radius 1 is 1.61 bits per heavy atom. The van der Waals surface area contributed by atoms with Crippen LogP contribution in [-0.4, -0.2) is 22.8 Å². The summed E-state index contributed by atoms with van der Waals surface area (Å²) in [6, 6.07) is 0. The predicted molar refractivity (Wildman–Crippen MR) is 73.7 cm³/mol. The van der Waals surface area contributed by atoms with Crippen LogP contribution in [0.25, 0.3) is 0 Å². The van der Waals surface area contributed by atoms with E-state index in [1.807, 2.05) is 6.08 Å². The molecular weight excluding hydrogens is 226 g/mol. The Morgan fingerprint density at radius 2 is 2.39 bits per heavy atom. The summed E-state index contributed by atoms with van der Waals surface area (Å²) >= 11 is 0. The zero-order chi connectivity index (χ0) is 13.1. The molecule has 4 nitrogen and oxygen atoms in total. The number of allylic oxidation sites excluding steroid dienone is 1. The van der Waals surface area contributed by atoms with Crippen LogP contribution in [0.3, 0.4) is 0 Å². The molecule has 1 aliphatic rings. The van der Waals surface area contributed by atoms with Gasteiger partial charge in [0.2, 0.25) is 0 Å². The summed E-state index contributed by atoms with van der Waals surface area (Å²) in [6.07, 6.45) is 4.08. The van der Waals surface area contributed by atoms with Crippen molar-refractivity contribution in [3.8, 4) is 0 Å². The van der Waals surface area contributed by atoms with Crippen LogP contribution in [0.4, 0.5) is 5.82 Å². The predicted octanol–water partition coefficient (Wildman–Crippen LogP) is 2.67. The largest absolute Gasteiger partial charge is 0.384 e. The first-order chi connectivity index (χ1) is 8.65. The summed E-state index contributed by atoms with van der Waals surface area (Å²) in [7, 11) is 0. The van der Waals surface area contributed by atoms with Gasteiger partial charge in [0, 0.05) is 25.0 Å². The number of anilines is 1. The number of aromatic nitrogens is 2. The molecule has 0 spiro atoms. The lowest BCUT2D eigenvalue weighted by Gasteiger charge is -2.20. The zero-order valence-electron chi connectivity index (χ0n) is 11.4. The maximum absolute atomic E-state index is 6.26. The Bertz CT molecular complexity index is 417. The summed E-state index contributed by atoms with van der Waals surface area (Å²) in [5.74, 6) is 2.55. The Morgan fingerprint density at radius 3 is 2.94 bits per heavy atom. The Balaban J connectivity index is 2.35. The zero-order valence-corrected chi connectivity index (χ0v) is 11.4. The lowest BCUT2D eigenvalue weighted by Crippen LogP contribution is -2.17. The summed E-state index contributed by atoms with van der Waals surface area (Å²) < 4.78 is 7.61. The van der Waals surface area contributed by atoms with Gasteiger partial charge in [0.15, 0.2) is 0 Å². The molecule has 100 valence electrons. The second-order valence-corrected chi connectivity index (χ2v) is 5.21. The highest BCUT2D eigenvalue weighted by Crippen LogP contribution is 2.31. The van der Waals surface area contributed by atoms with Crippen molar-refractivity contribution in [2.75, 3.05) is 18.9 Å². The minimum Gasteiger partial charge on any atom is -0.384 e. The van der Waals surface area contributed by atoms with Gasteiger partial charge in [0.05, 0.1) is 12.3 Å². The van der Waals surface area contributed by atoms with E-state index >= 15 is 0 Å². The number of hydrogen-bond donors (Lipinski definition) is 1. The van der Waals surface area contributed by atoms with E-state index in [4.69, 9.17) is 15.5 Å². The molecule has 1 aromatic rings. The highest BCUT2D eigenvalue weighted by atomic mass is 16.5. The van der Waals surface area contributed by atoms with Gasteiger partial charge in [0.1, 0.15) is 11.6 Å². The number of hydrogen-bond acceptors (Lipinski definition) is 3. The molecule has 2 N–H and O–H groups in total. The lowest BCUT2D eigenvalue weighted by atomic mass is 9.98. The van der Waals surface area contributed by atoms with Crippen LogP contribution < -0.4 is 5.73 Å². The molecule has 1 atom stereocenters. The molecule has 1 aromatic heterocycles. The standard InChI is InChI=1S/C14H23N3O/c1-4-7-17-13(15)12(16-14(17)10(2)3)11-6-5-8-18-9-11/h4,10-11H,1,5-9,15H2,2-3H3. The van der Waals surface area contributed by atoms with Gasteiger partial charge in [-0.1, -0.05) is 19.9 Å². The molecule has 1 unspecified atom stereocenters. The van der Waals surface area contributed by atoms with Gasteiger partial charge in [0.25, 0.3) is 0 Å². The number of imidazole rings is 1. The molecule has 1 aliphatic heterocycles. The average molecular weight is 249 g/mol.